The Morgan fingerprint density at radius 1 is 1.28 bits per heavy atom. The molecule has 2 aliphatic heterocycles. The number of ether oxygens (including phenoxy) is 1. The number of fused-ring (bicyclic) bond motifs is 2. The fourth-order valence-corrected chi connectivity index (χ4v) is 4.57. The van der Waals surface area contributed by atoms with Crippen molar-refractivity contribution < 1.29 is 23.8 Å². The summed E-state index contributed by atoms with van der Waals surface area (Å²) in [5.41, 5.74) is 2.74. The second kappa shape index (κ2) is 7.90. The summed E-state index contributed by atoms with van der Waals surface area (Å²) in [6.45, 7) is 3.17. The molecule has 1 saturated heterocycles. The van der Waals surface area contributed by atoms with Crippen LogP contribution >= 0.6 is 0 Å². The number of hydrogen-bond donors (Lipinski definition) is 1. The molecule has 8 nitrogen and oxygen atoms in total. The van der Waals surface area contributed by atoms with Crippen LogP contribution in [0.3, 0.4) is 0 Å². The smallest absolute Gasteiger partial charge is 0.255 e. The molecule has 0 saturated carbocycles. The second-order valence-corrected chi connectivity index (χ2v) is 8.23. The van der Waals surface area contributed by atoms with Crippen LogP contribution in [0.4, 0.5) is 10.1 Å². The molecule has 0 spiro atoms. The van der Waals surface area contributed by atoms with Crippen molar-refractivity contribution in [1.29, 1.82) is 0 Å². The van der Waals surface area contributed by atoms with Crippen molar-refractivity contribution in [2.75, 3.05) is 24.5 Å². The zero-order valence-electron chi connectivity index (χ0n) is 17.6. The molecule has 1 fully saturated rings. The number of rotatable bonds is 4. The third-order valence-corrected chi connectivity index (χ3v) is 6.24. The van der Waals surface area contributed by atoms with Gasteiger partial charge in [-0.2, -0.15) is 5.10 Å². The van der Waals surface area contributed by atoms with Gasteiger partial charge >= 0.3 is 0 Å². The first-order valence-corrected chi connectivity index (χ1v) is 10.6. The van der Waals surface area contributed by atoms with Crippen molar-refractivity contribution in [2.45, 2.75) is 32.3 Å². The van der Waals surface area contributed by atoms with Gasteiger partial charge in [0.05, 0.1) is 17.9 Å². The van der Waals surface area contributed by atoms with Gasteiger partial charge in [0.2, 0.25) is 6.41 Å². The van der Waals surface area contributed by atoms with Crippen molar-refractivity contribution in [2.24, 2.45) is 0 Å². The van der Waals surface area contributed by atoms with E-state index in [2.05, 4.69) is 5.10 Å². The van der Waals surface area contributed by atoms with Crippen LogP contribution in [0.25, 0.3) is 5.52 Å². The number of aliphatic hydroxyl groups excluding tert-OH is 1. The molecule has 166 valence electrons. The van der Waals surface area contributed by atoms with E-state index >= 15 is 4.39 Å². The highest BCUT2D eigenvalue weighted by atomic mass is 19.1. The molecule has 1 N–H and O–H groups in total. The van der Waals surface area contributed by atoms with Crippen LogP contribution < -0.4 is 9.64 Å². The predicted octanol–water partition coefficient (Wildman–Crippen LogP) is 2.69. The molecule has 3 aromatic rings. The van der Waals surface area contributed by atoms with Crippen LogP contribution in [0.5, 0.6) is 11.5 Å². The number of carbonyl (C=O) groups is 2. The number of hydrogen-bond acceptors (Lipinski definition) is 5. The van der Waals surface area contributed by atoms with Crippen molar-refractivity contribution in [3.63, 3.8) is 0 Å². The first kappa shape index (κ1) is 20.4. The first-order chi connectivity index (χ1) is 15.5. The monoisotopic (exact) mass is 438 g/mol. The van der Waals surface area contributed by atoms with E-state index in [-0.39, 0.29) is 11.7 Å². The topological polar surface area (TPSA) is 87.4 Å². The number of likely N-dealkylation sites (tertiary alicyclic amines) is 1. The van der Waals surface area contributed by atoms with Crippen molar-refractivity contribution in [3.8, 4) is 11.5 Å². The van der Waals surface area contributed by atoms with Gasteiger partial charge in [0.15, 0.2) is 17.3 Å². The Balaban J connectivity index is 1.51. The number of anilines is 1. The van der Waals surface area contributed by atoms with Crippen LogP contribution in [0, 0.1) is 12.7 Å². The van der Waals surface area contributed by atoms with E-state index in [1.807, 2.05) is 0 Å². The lowest BCUT2D eigenvalue weighted by Gasteiger charge is -2.26. The fraction of sp³-hybridized carbons (Fsp3) is 0.348. The minimum atomic E-state index is -0.504. The van der Waals surface area contributed by atoms with E-state index in [0.29, 0.717) is 79.0 Å². The van der Waals surface area contributed by atoms with Gasteiger partial charge in [-0.1, -0.05) is 0 Å². The minimum absolute atomic E-state index is 0.0562. The third-order valence-electron chi connectivity index (χ3n) is 6.24. The maximum Gasteiger partial charge on any atom is 0.255 e. The Labute approximate surface area is 183 Å². The van der Waals surface area contributed by atoms with E-state index in [1.54, 1.807) is 34.7 Å². The molecule has 9 heteroatoms. The summed E-state index contributed by atoms with van der Waals surface area (Å²) in [7, 11) is 0. The SMILES string of the molecule is Cc1c(C(=O)N2CCC(O)C2)cn2nccc(Oc3ccc4c(c3F)CCCN4C=O)c12. The largest absolute Gasteiger partial charge is 0.452 e. The number of aromatic nitrogens is 2. The molecule has 32 heavy (non-hydrogen) atoms. The Morgan fingerprint density at radius 3 is 2.88 bits per heavy atom. The molecule has 5 rings (SSSR count). The van der Waals surface area contributed by atoms with E-state index in [0.717, 1.165) is 0 Å². The van der Waals surface area contributed by atoms with Gasteiger partial charge in [0.25, 0.3) is 5.91 Å². The van der Waals surface area contributed by atoms with E-state index in [4.69, 9.17) is 4.74 Å². The Morgan fingerprint density at radius 2 is 2.12 bits per heavy atom. The lowest BCUT2D eigenvalue weighted by Crippen LogP contribution is -2.29. The summed E-state index contributed by atoms with van der Waals surface area (Å²) in [4.78, 5) is 27.4. The summed E-state index contributed by atoms with van der Waals surface area (Å²) < 4.78 is 22.8. The number of amides is 2. The number of aliphatic hydroxyl groups is 1. The van der Waals surface area contributed by atoms with E-state index in [9.17, 15) is 14.7 Å². The average molecular weight is 438 g/mol. The van der Waals surface area contributed by atoms with Gasteiger partial charge in [0.1, 0.15) is 5.52 Å². The molecule has 1 unspecified atom stereocenters. The predicted molar refractivity (Wildman–Crippen MR) is 115 cm³/mol. The average Bonchev–Trinajstić information content (AvgIpc) is 3.38. The fourth-order valence-electron chi connectivity index (χ4n) is 4.57. The van der Waals surface area contributed by atoms with Crippen LogP contribution in [0.15, 0.2) is 30.6 Å². The molecule has 0 aliphatic carbocycles. The zero-order valence-corrected chi connectivity index (χ0v) is 17.6. The van der Waals surface area contributed by atoms with Crippen LogP contribution in [0.2, 0.25) is 0 Å². The third kappa shape index (κ3) is 3.29. The van der Waals surface area contributed by atoms with Crippen molar-refractivity contribution >= 4 is 23.5 Å². The standard InChI is InChI=1S/C23H23FN4O4/c1-14-17(23(31)26-10-7-15(30)11-26)12-28-22(14)20(6-8-25-28)32-19-5-4-18-16(21(19)24)3-2-9-27(18)13-29/h4-6,8,12-13,15,30H,2-3,7,9-11H2,1H3. The highest BCUT2D eigenvalue weighted by Gasteiger charge is 2.29. The number of benzene rings is 1. The van der Waals surface area contributed by atoms with E-state index < -0.39 is 11.9 Å². The minimum Gasteiger partial charge on any atom is -0.452 e. The number of halogens is 1. The second-order valence-electron chi connectivity index (χ2n) is 8.23. The first-order valence-electron chi connectivity index (χ1n) is 10.6. The molecule has 1 aromatic carbocycles. The molecule has 2 amide bonds. The Kier molecular flexibility index (Phi) is 5.05. The molecule has 0 radical (unpaired) electrons. The van der Waals surface area contributed by atoms with Gasteiger partial charge < -0.3 is 19.6 Å². The number of carbonyl (C=O) groups excluding carboxylic acids is 2. The molecule has 2 aliphatic rings. The van der Waals surface area contributed by atoms with E-state index in [1.165, 1.54) is 17.2 Å². The summed E-state index contributed by atoms with van der Waals surface area (Å²) >= 11 is 0. The summed E-state index contributed by atoms with van der Waals surface area (Å²) in [5, 5.41) is 14.0. The lowest BCUT2D eigenvalue weighted by molar-refractivity contribution is -0.107. The maximum absolute atomic E-state index is 15.3. The van der Waals surface area contributed by atoms with Gasteiger partial charge in [-0.25, -0.2) is 8.91 Å². The normalized spacial score (nSPS) is 18.2. The number of aryl methyl sites for hydroxylation is 1. The van der Waals surface area contributed by atoms with Crippen LogP contribution in [-0.4, -0.2) is 57.7 Å². The highest BCUT2D eigenvalue weighted by Crippen LogP contribution is 2.37. The van der Waals surface area contributed by atoms with Gasteiger partial charge in [-0.3, -0.25) is 9.59 Å². The number of β-amino-alcohol motifs (C(OH)–C–C–N with tert-alkyl or cyclic N) is 1. The maximum atomic E-state index is 15.3. The molecule has 2 aromatic heterocycles. The van der Waals surface area contributed by atoms with Gasteiger partial charge in [0, 0.05) is 43.1 Å². The van der Waals surface area contributed by atoms with Crippen LogP contribution in [0.1, 0.15) is 34.3 Å². The lowest BCUT2D eigenvalue weighted by atomic mass is 10.0. The molecule has 1 atom stereocenters. The Bertz CT molecular complexity index is 1220. The van der Waals surface area contributed by atoms with Gasteiger partial charge in [-0.15, -0.1) is 0 Å². The van der Waals surface area contributed by atoms with Crippen LogP contribution in [-0.2, 0) is 11.2 Å². The van der Waals surface area contributed by atoms with Crippen molar-refractivity contribution in [1.82, 2.24) is 14.5 Å². The quantitative estimate of drug-likeness (QED) is 0.633. The highest BCUT2D eigenvalue weighted by molar-refractivity contribution is 5.98. The van der Waals surface area contributed by atoms with Gasteiger partial charge in [-0.05, 0) is 43.9 Å². The summed E-state index contributed by atoms with van der Waals surface area (Å²) in [5.74, 6) is -0.236. The summed E-state index contributed by atoms with van der Waals surface area (Å²) in [6.07, 6.45) is 5.14. The molecular formula is C23H23FN4O4. The van der Waals surface area contributed by atoms with Crippen molar-refractivity contribution in [3.05, 3.63) is 53.1 Å². The molecule has 0 bridgehead atoms. The molecular weight excluding hydrogens is 415 g/mol. The summed E-state index contributed by atoms with van der Waals surface area (Å²) in [6, 6.07) is 4.84. The zero-order chi connectivity index (χ0) is 22.4. The Hall–Kier alpha value is -3.46. The molecule has 4 heterocycles. The number of nitrogens with zero attached hydrogens (tertiary/aromatic N) is 4.